The van der Waals surface area contributed by atoms with Gasteiger partial charge in [-0.05, 0) is 37.7 Å². The van der Waals surface area contributed by atoms with Crippen molar-refractivity contribution in [3.63, 3.8) is 0 Å². The van der Waals surface area contributed by atoms with Gasteiger partial charge in [-0.3, -0.25) is 4.79 Å². The van der Waals surface area contributed by atoms with Crippen molar-refractivity contribution in [3.05, 3.63) is 23.8 Å². The Morgan fingerprint density at radius 3 is 2.83 bits per heavy atom. The van der Waals surface area contributed by atoms with Crippen molar-refractivity contribution in [1.29, 1.82) is 0 Å². The zero-order valence-electron chi connectivity index (χ0n) is 11.2. The number of thioether (sulfide) groups is 1. The van der Waals surface area contributed by atoms with Crippen LogP contribution in [0.15, 0.2) is 18.2 Å². The van der Waals surface area contributed by atoms with Crippen LogP contribution in [0.5, 0.6) is 5.75 Å². The monoisotopic (exact) mass is 267 g/mol. The molecule has 1 atom stereocenters. The molecule has 0 spiro atoms. The minimum absolute atomic E-state index is 0.0549. The Kier molecular flexibility index (Phi) is 6.05. The fourth-order valence-corrected chi connectivity index (χ4v) is 2.54. The molecule has 0 unspecified atom stereocenters. The first-order valence-corrected chi connectivity index (χ1v) is 7.32. The lowest BCUT2D eigenvalue weighted by Gasteiger charge is -2.14. The van der Waals surface area contributed by atoms with E-state index in [1.165, 1.54) is 0 Å². The molecule has 3 nitrogen and oxygen atoms in total. The third kappa shape index (κ3) is 4.26. The van der Waals surface area contributed by atoms with Crippen molar-refractivity contribution in [3.8, 4) is 5.75 Å². The number of nitrogens with one attached hydrogen (secondary N) is 1. The average Bonchev–Trinajstić information content (AvgIpc) is 2.34. The molecule has 18 heavy (non-hydrogen) atoms. The molecule has 0 saturated carbocycles. The standard InChI is InChI=1S/C14H21NO2S/c1-4-5-9-18-11(3)14(17)15-13-10(2)7-6-8-12(13)16/h6-8,11,16H,4-5,9H2,1-3H3,(H,15,17)/t11-/m1/s1. The van der Waals surface area contributed by atoms with Gasteiger partial charge in [0, 0.05) is 0 Å². The van der Waals surface area contributed by atoms with Crippen molar-refractivity contribution >= 4 is 23.4 Å². The van der Waals surface area contributed by atoms with Gasteiger partial charge in [0.15, 0.2) is 0 Å². The number of benzene rings is 1. The van der Waals surface area contributed by atoms with Crippen LogP contribution in [-0.4, -0.2) is 22.0 Å². The molecule has 0 radical (unpaired) electrons. The number of phenols is 1. The van der Waals surface area contributed by atoms with Crippen molar-refractivity contribution in [1.82, 2.24) is 0 Å². The molecule has 1 rings (SSSR count). The summed E-state index contributed by atoms with van der Waals surface area (Å²) in [6.07, 6.45) is 2.26. The van der Waals surface area contributed by atoms with Crippen molar-refractivity contribution in [2.45, 2.75) is 38.9 Å². The molecule has 0 saturated heterocycles. The summed E-state index contributed by atoms with van der Waals surface area (Å²) in [6.45, 7) is 5.89. The smallest absolute Gasteiger partial charge is 0.237 e. The van der Waals surface area contributed by atoms with Gasteiger partial charge in [-0.2, -0.15) is 0 Å². The van der Waals surface area contributed by atoms with Crippen LogP contribution in [0, 0.1) is 6.92 Å². The Morgan fingerprint density at radius 2 is 2.22 bits per heavy atom. The van der Waals surface area contributed by atoms with E-state index in [1.807, 2.05) is 19.9 Å². The summed E-state index contributed by atoms with van der Waals surface area (Å²) in [6, 6.07) is 5.21. The maximum atomic E-state index is 12.0. The minimum Gasteiger partial charge on any atom is -0.506 e. The van der Waals surface area contributed by atoms with Gasteiger partial charge in [0.2, 0.25) is 5.91 Å². The van der Waals surface area contributed by atoms with Gasteiger partial charge in [0.25, 0.3) is 0 Å². The van der Waals surface area contributed by atoms with Gasteiger partial charge in [-0.15, -0.1) is 11.8 Å². The van der Waals surface area contributed by atoms with Crippen LogP contribution in [0.25, 0.3) is 0 Å². The second-order valence-corrected chi connectivity index (χ2v) is 5.77. The number of rotatable bonds is 6. The molecule has 0 aliphatic heterocycles. The molecule has 0 aliphatic rings. The van der Waals surface area contributed by atoms with Gasteiger partial charge >= 0.3 is 0 Å². The summed E-state index contributed by atoms with van der Waals surface area (Å²) >= 11 is 1.65. The van der Waals surface area contributed by atoms with Gasteiger partial charge in [-0.1, -0.05) is 25.5 Å². The summed E-state index contributed by atoms with van der Waals surface area (Å²) in [5.74, 6) is 1.06. The molecule has 4 heteroatoms. The highest BCUT2D eigenvalue weighted by molar-refractivity contribution is 8.00. The lowest BCUT2D eigenvalue weighted by atomic mass is 10.2. The highest BCUT2D eigenvalue weighted by Crippen LogP contribution is 2.27. The van der Waals surface area contributed by atoms with Gasteiger partial charge in [0.1, 0.15) is 5.75 Å². The predicted molar refractivity (Wildman–Crippen MR) is 78.3 cm³/mol. The molecule has 0 aromatic heterocycles. The Morgan fingerprint density at radius 1 is 1.50 bits per heavy atom. The molecule has 1 amide bonds. The number of anilines is 1. The summed E-state index contributed by atoms with van der Waals surface area (Å²) in [4.78, 5) is 12.0. The fraction of sp³-hybridized carbons (Fsp3) is 0.500. The Labute approximate surface area is 113 Å². The minimum atomic E-state index is -0.101. The third-order valence-electron chi connectivity index (χ3n) is 2.73. The molecular weight excluding hydrogens is 246 g/mol. The SMILES string of the molecule is CCCCS[C@H](C)C(=O)Nc1c(C)cccc1O. The van der Waals surface area contributed by atoms with Crippen LogP contribution in [0.1, 0.15) is 32.3 Å². The van der Waals surface area contributed by atoms with Gasteiger partial charge in [0.05, 0.1) is 10.9 Å². The largest absolute Gasteiger partial charge is 0.506 e. The summed E-state index contributed by atoms with van der Waals surface area (Å²) in [5.41, 5.74) is 1.39. The van der Waals surface area contributed by atoms with Crippen LogP contribution >= 0.6 is 11.8 Å². The normalized spacial score (nSPS) is 12.2. The zero-order chi connectivity index (χ0) is 13.5. The molecule has 0 bridgehead atoms. The number of phenolic OH excluding ortho intramolecular Hbond substituents is 1. The molecule has 0 heterocycles. The van der Waals surface area contributed by atoms with E-state index in [2.05, 4.69) is 12.2 Å². The number of hydrogen-bond acceptors (Lipinski definition) is 3. The maximum absolute atomic E-state index is 12.0. The van der Waals surface area contributed by atoms with Crippen molar-refractivity contribution in [2.75, 3.05) is 11.1 Å². The fourth-order valence-electron chi connectivity index (χ4n) is 1.52. The van der Waals surface area contributed by atoms with E-state index in [0.717, 1.165) is 24.2 Å². The Balaban J connectivity index is 2.58. The van der Waals surface area contributed by atoms with Crippen LogP contribution in [0.4, 0.5) is 5.69 Å². The van der Waals surface area contributed by atoms with E-state index in [4.69, 9.17) is 0 Å². The van der Waals surface area contributed by atoms with E-state index in [-0.39, 0.29) is 16.9 Å². The Bertz CT molecular complexity index is 387. The van der Waals surface area contributed by atoms with Crippen LogP contribution < -0.4 is 5.32 Å². The average molecular weight is 267 g/mol. The number of para-hydroxylation sites is 1. The number of hydrogen-bond donors (Lipinski definition) is 2. The van der Waals surface area contributed by atoms with E-state index < -0.39 is 0 Å². The highest BCUT2D eigenvalue weighted by atomic mass is 32.2. The Hall–Kier alpha value is -1.16. The van der Waals surface area contributed by atoms with E-state index in [9.17, 15) is 9.90 Å². The van der Waals surface area contributed by atoms with E-state index in [1.54, 1.807) is 23.9 Å². The number of carbonyl (C=O) groups excluding carboxylic acids is 1. The molecular formula is C14H21NO2S. The van der Waals surface area contributed by atoms with Crippen LogP contribution in [0.3, 0.4) is 0 Å². The van der Waals surface area contributed by atoms with Crippen LogP contribution in [-0.2, 0) is 4.79 Å². The third-order valence-corrected chi connectivity index (χ3v) is 3.97. The zero-order valence-corrected chi connectivity index (χ0v) is 12.0. The quantitative estimate of drug-likeness (QED) is 0.612. The lowest BCUT2D eigenvalue weighted by molar-refractivity contribution is -0.115. The molecule has 0 aliphatic carbocycles. The van der Waals surface area contributed by atoms with Crippen LogP contribution in [0.2, 0.25) is 0 Å². The molecule has 2 N–H and O–H groups in total. The predicted octanol–water partition coefficient (Wildman–Crippen LogP) is 3.56. The number of carbonyl (C=O) groups is 1. The maximum Gasteiger partial charge on any atom is 0.237 e. The molecule has 0 fully saturated rings. The number of amides is 1. The van der Waals surface area contributed by atoms with Crippen molar-refractivity contribution < 1.29 is 9.90 Å². The summed E-state index contributed by atoms with van der Waals surface area (Å²) in [5, 5.41) is 12.4. The van der Waals surface area contributed by atoms with E-state index >= 15 is 0 Å². The summed E-state index contributed by atoms with van der Waals surface area (Å²) in [7, 11) is 0. The first kappa shape index (κ1) is 14.9. The highest BCUT2D eigenvalue weighted by Gasteiger charge is 2.15. The van der Waals surface area contributed by atoms with Gasteiger partial charge < -0.3 is 10.4 Å². The first-order valence-electron chi connectivity index (χ1n) is 6.27. The summed E-state index contributed by atoms with van der Waals surface area (Å²) < 4.78 is 0. The second kappa shape index (κ2) is 7.31. The van der Waals surface area contributed by atoms with E-state index in [0.29, 0.717) is 5.69 Å². The lowest BCUT2D eigenvalue weighted by Crippen LogP contribution is -2.23. The number of aromatic hydroxyl groups is 1. The molecule has 100 valence electrons. The van der Waals surface area contributed by atoms with Gasteiger partial charge in [-0.25, -0.2) is 0 Å². The second-order valence-electron chi connectivity index (χ2n) is 4.32. The first-order chi connectivity index (χ1) is 8.56. The topological polar surface area (TPSA) is 49.3 Å². The number of aryl methyl sites for hydroxylation is 1. The molecule has 1 aromatic carbocycles. The van der Waals surface area contributed by atoms with Crippen molar-refractivity contribution in [2.24, 2.45) is 0 Å². The molecule has 1 aromatic rings. The number of unbranched alkanes of at least 4 members (excludes halogenated alkanes) is 1.